The second-order valence-electron chi connectivity index (χ2n) is 4.85. The molecule has 3 heteroatoms. The van der Waals surface area contributed by atoms with Gasteiger partial charge in [0.15, 0.2) is 0 Å². The zero-order valence-electron chi connectivity index (χ0n) is 11.6. The summed E-state index contributed by atoms with van der Waals surface area (Å²) in [6, 6.07) is 15.9. The molecule has 0 radical (unpaired) electrons. The Kier molecular flexibility index (Phi) is 4.07. The number of nitrogens with two attached hydrogens (primary N) is 1. The van der Waals surface area contributed by atoms with E-state index < -0.39 is 0 Å². The first kappa shape index (κ1) is 13.4. The number of benzene rings is 2. The molecule has 0 unspecified atom stereocenters. The van der Waals surface area contributed by atoms with E-state index in [1.165, 1.54) is 0 Å². The molecule has 0 aliphatic rings. The molecule has 2 N–H and O–H groups in total. The van der Waals surface area contributed by atoms with Crippen molar-refractivity contribution in [2.45, 2.75) is 13.0 Å². The lowest BCUT2D eigenvalue weighted by atomic mass is 10.1. The Labute approximate surface area is 114 Å². The van der Waals surface area contributed by atoms with Crippen LogP contribution >= 0.6 is 0 Å². The maximum Gasteiger partial charge on any atom is 0.129 e. The van der Waals surface area contributed by atoms with E-state index in [0.29, 0.717) is 0 Å². The normalized spacial score (nSPS) is 12.0. The molecule has 2 aromatic carbocycles. The molecule has 1 atom stereocenters. The Morgan fingerprint density at radius 1 is 1.00 bits per heavy atom. The average molecular weight is 256 g/mol. The standard InChI is InChI=1S/C16H20N2O/c1-12(17)13-7-9-15(10-8-13)19-16-6-4-5-14(11-16)18(2)3/h4-12H,17H2,1-3H3/t12-/m0/s1. The predicted molar refractivity (Wildman–Crippen MR) is 79.9 cm³/mol. The number of hydrogen-bond acceptors (Lipinski definition) is 3. The van der Waals surface area contributed by atoms with Crippen LogP contribution in [0.25, 0.3) is 0 Å². The molecule has 0 aliphatic heterocycles. The highest BCUT2D eigenvalue weighted by Gasteiger charge is 2.02. The third-order valence-corrected chi connectivity index (χ3v) is 2.98. The third-order valence-electron chi connectivity index (χ3n) is 2.98. The van der Waals surface area contributed by atoms with E-state index in [2.05, 4.69) is 0 Å². The van der Waals surface area contributed by atoms with Gasteiger partial charge >= 0.3 is 0 Å². The van der Waals surface area contributed by atoms with Gasteiger partial charge in [-0.15, -0.1) is 0 Å². The average Bonchev–Trinajstić information content (AvgIpc) is 2.39. The van der Waals surface area contributed by atoms with Crippen LogP contribution in [0.2, 0.25) is 0 Å². The molecule has 0 saturated heterocycles. The first-order valence-electron chi connectivity index (χ1n) is 6.37. The highest BCUT2D eigenvalue weighted by atomic mass is 16.5. The van der Waals surface area contributed by atoms with Gasteiger partial charge in [0, 0.05) is 31.9 Å². The van der Waals surface area contributed by atoms with Crippen LogP contribution in [0.4, 0.5) is 5.69 Å². The quantitative estimate of drug-likeness (QED) is 0.909. The fourth-order valence-electron chi connectivity index (χ4n) is 1.80. The van der Waals surface area contributed by atoms with Gasteiger partial charge in [0.05, 0.1) is 0 Å². The van der Waals surface area contributed by atoms with Gasteiger partial charge in [-0.2, -0.15) is 0 Å². The van der Waals surface area contributed by atoms with Gasteiger partial charge in [0.1, 0.15) is 11.5 Å². The lowest BCUT2D eigenvalue weighted by molar-refractivity contribution is 0.482. The van der Waals surface area contributed by atoms with Crippen molar-refractivity contribution in [3.05, 3.63) is 54.1 Å². The lowest BCUT2D eigenvalue weighted by Gasteiger charge is -2.14. The van der Waals surface area contributed by atoms with Crippen LogP contribution < -0.4 is 15.4 Å². The molecule has 0 fully saturated rings. The largest absolute Gasteiger partial charge is 0.457 e. The fourth-order valence-corrected chi connectivity index (χ4v) is 1.80. The summed E-state index contributed by atoms with van der Waals surface area (Å²) in [5, 5.41) is 0. The zero-order valence-corrected chi connectivity index (χ0v) is 11.6. The predicted octanol–water partition coefficient (Wildman–Crippen LogP) is 3.56. The van der Waals surface area contributed by atoms with Crippen molar-refractivity contribution in [2.75, 3.05) is 19.0 Å². The maximum atomic E-state index is 5.84. The number of nitrogens with zero attached hydrogens (tertiary/aromatic N) is 1. The number of anilines is 1. The second-order valence-corrected chi connectivity index (χ2v) is 4.85. The molecule has 0 spiro atoms. The fraction of sp³-hybridized carbons (Fsp3) is 0.250. The van der Waals surface area contributed by atoms with Crippen LogP contribution in [0, 0.1) is 0 Å². The van der Waals surface area contributed by atoms with Gasteiger partial charge in [-0.05, 0) is 36.8 Å². The van der Waals surface area contributed by atoms with Crippen molar-refractivity contribution >= 4 is 5.69 Å². The SMILES string of the molecule is C[C@H](N)c1ccc(Oc2cccc(N(C)C)c2)cc1. The molecule has 0 saturated carbocycles. The van der Waals surface area contributed by atoms with Gasteiger partial charge < -0.3 is 15.4 Å². The third kappa shape index (κ3) is 3.48. The smallest absolute Gasteiger partial charge is 0.129 e. The van der Waals surface area contributed by atoms with Crippen molar-refractivity contribution < 1.29 is 4.74 Å². The monoisotopic (exact) mass is 256 g/mol. The summed E-state index contributed by atoms with van der Waals surface area (Å²) in [6.07, 6.45) is 0. The Bertz CT molecular complexity index is 533. The molecule has 2 rings (SSSR count). The van der Waals surface area contributed by atoms with Crippen molar-refractivity contribution in [3.63, 3.8) is 0 Å². The Balaban J connectivity index is 2.14. The molecule has 3 nitrogen and oxygen atoms in total. The molecule has 0 aromatic heterocycles. The summed E-state index contributed by atoms with van der Waals surface area (Å²) in [5.41, 5.74) is 8.04. The molecule has 19 heavy (non-hydrogen) atoms. The summed E-state index contributed by atoms with van der Waals surface area (Å²) >= 11 is 0. The van der Waals surface area contributed by atoms with E-state index in [1.807, 2.05) is 74.4 Å². The summed E-state index contributed by atoms with van der Waals surface area (Å²) < 4.78 is 5.84. The van der Waals surface area contributed by atoms with Crippen molar-refractivity contribution in [2.24, 2.45) is 5.73 Å². The van der Waals surface area contributed by atoms with E-state index in [0.717, 1.165) is 22.7 Å². The van der Waals surface area contributed by atoms with E-state index in [4.69, 9.17) is 10.5 Å². The highest BCUT2D eigenvalue weighted by Crippen LogP contribution is 2.26. The van der Waals surface area contributed by atoms with Crippen molar-refractivity contribution in [3.8, 4) is 11.5 Å². The molecule has 0 aliphatic carbocycles. The van der Waals surface area contributed by atoms with Gasteiger partial charge in [-0.25, -0.2) is 0 Å². The van der Waals surface area contributed by atoms with Crippen molar-refractivity contribution in [1.82, 2.24) is 0 Å². The Hall–Kier alpha value is -2.00. The first-order chi connectivity index (χ1) is 9.06. The zero-order chi connectivity index (χ0) is 13.8. The van der Waals surface area contributed by atoms with Gasteiger partial charge in [-0.1, -0.05) is 18.2 Å². The second kappa shape index (κ2) is 5.76. The summed E-state index contributed by atoms with van der Waals surface area (Å²) in [4.78, 5) is 2.05. The van der Waals surface area contributed by atoms with Gasteiger partial charge in [0.25, 0.3) is 0 Å². The van der Waals surface area contributed by atoms with E-state index in [9.17, 15) is 0 Å². The topological polar surface area (TPSA) is 38.5 Å². The van der Waals surface area contributed by atoms with E-state index in [-0.39, 0.29) is 6.04 Å². The van der Waals surface area contributed by atoms with Gasteiger partial charge in [-0.3, -0.25) is 0 Å². The van der Waals surface area contributed by atoms with Crippen LogP contribution in [0.3, 0.4) is 0 Å². The van der Waals surface area contributed by atoms with Crippen LogP contribution in [-0.4, -0.2) is 14.1 Å². The van der Waals surface area contributed by atoms with Crippen molar-refractivity contribution in [1.29, 1.82) is 0 Å². The number of rotatable bonds is 4. The molecular weight excluding hydrogens is 236 g/mol. The molecule has 0 amide bonds. The van der Waals surface area contributed by atoms with Gasteiger partial charge in [0.2, 0.25) is 0 Å². The lowest BCUT2D eigenvalue weighted by Crippen LogP contribution is -2.08. The molecule has 0 bridgehead atoms. The maximum absolute atomic E-state index is 5.84. The minimum atomic E-state index is 0.0473. The van der Waals surface area contributed by atoms with E-state index in [1.54, 1.807) is 0 Å². The molecule has 100 valence electrons. The first-order valence-corrected chi connectivity index (χ1v) is 6.37. The molecule has 0 heterocycles. The molecular formula is C16H20N2O. The highest BCUT2D eigenvalue weighted by molar-refractivity contribution is 5.50. The summed E-state index contributed by atoms with van der Waals surface area (Å²) in [7, 11) is 4.02. The summed E-state index contributed by atoms with van der Waals surface area (Å²) in [6.45, 7) is 1.97. The van der Waals surface area contributed by atoms with Crippen LogP contribution in [0.1, 0.15) is 18.5 Å². The van der Waals surface area contributed by atoms with Crippen LogP contribution in [0.5, 0.6) is 11.5 Å². The molecule has 2 aromatic rings. The van der Waals surface area contributed by atoms with Crippen LogP contribution in [0.15, 0.2) is 48.5 Å². The summed E-state index contributed by atoms with van der Waals surface area (Å²) in [5.74, 6) is 1.65. The Morgan fingerprint density at radius 3 is 2.26 bits per heavy atom. The minimum absolute atomic E-state index is 0.0473. The van der Waals surface area contributed by atoms with E-state index >= 15 is 0 Å². The minimum Gasteiger partial charge on any atom is -0.457 e. The Morgan fingerprint density at radius 2 is 1.68 bits per heavy atom. The number of hydrogen-bond donors (Lipinski definition) is 1. The number of ether oxygens (including phenoxy) is 1. The van der Waals surface area contributed by atoms with Crippen LogP contribution in [-0.2, 0) is 0 Å².